The Labute approximate surface area is 172 Å². The van der Waals surface area contributed by atoms with Gasteiger partial charge in [-0.3, -0.25) is 4.79 Å². The second-order valence-corrected chi connectivity index (χ2v) is 9.15. The molecule has 29 heavy (non-hydrogen) atoms. The topological polar surface area (TPSA) is 66.9 Å². The van der Waals surface area contributed by atoms with E-state index in [1.54, 1.807) is 36.2 Å². The SMILES string of the molecule is C=CCOc1ccc(CN(C)S(=O)(=O)c2ccc(N3CCCC3=O)c(C)c2)cc1. The first-order valence-electron chi connectivity index (χ1n) is 9.53. The molecule has 7 heteroatoms. The molecule has 0 saturated carbocycles. The first kappa shape index (κ1) is 21.1. The minimum absolute atomic E-state index is 0.0846. The highest BCUT2D eigenvalue weighted by molar-refractivity contribution is 7.89. The highest BCUT2D eigenvalue weighted by Crippen LogP contribution is 2.28. The zero-order valence-electron chi connectivity index (χ0n) is 16.8. The summed E-state index contributed by atoms with van der Waals surface area (Å²) in [6, 6.07) is 12.3. The normalized spacial score (nSPS) is 14.4. The molecule has 0 N–H and O–H groups in total. The number of benzene rings is 2. The number of carbonyl (C=O) groups excluding carboxylic acids is 1. The molecule has 0 radical (unpaired) electrons. The van der Waals surface area contributed by atoms with Crippen LogP contribution in [0.2, 0.25) is 0 Å². The summed E-state index contributed by atoms with van der Waals surface area (Å²) in [7, 11) is -2.09. The van der Waals surface area contributed by atoms with Crippen molar-refractivity contribution in [1.29, 1.82) is 0 Å². The van der Waals surface area contributed by atoms with E-state index in [0.29, 0.717) is 25.3 Å². The lowest BCUT2D eigenvalue weighted by molar-refractivity contribution is -0.117. The summed E-state index contributed by atoms with van der Waals surface area (Å²) >= 11 is 0. The number of aryl methyl sites for hydroxylation is 1. The average Bonchev–Trinajstić information content (AvgIpc) is 3.13. The van der Waals surface area contributed by atoms with Crippen LogP contribution in [0.15, 0.2) is 60.0 Å². The Bertz CT molecular complexity index is 1000. The third kappa shape index (κ3) is 4.68. The van der Waals surface area contributed by atoms with Crippen LogP contribution in [0.3, 0.4) is 0 Å². The van der Waals surface area contributed by atoms with Gasteiger partial charge in [0.05, 0.1) is 4.90 Å². The molecule has 3 rings (SSSR count). The Morgan fingerprint density at radius 3 is 2.52 bits per heavy atom. The van der Waals surface area contributed by atoms with E-state index in [2.05, 4.69) is 6.58 Å². The Morgan fingerprint density at radius 2 is 1.93 bits per heavy atom. The summed E-state index contributed by atoms with van der Waals surface area (Å²) < 4.78 is 32.8. The van der Waals surface area contributed by atoms with Crippen LogP contribution in [0.25, 0.3) is 0 Å². The van der Waals surface area contributed by atoms with Crippen molar-refractivity contribution >= 4 is 21.6 Å². The minimum Gasteiger partial charge on any atom is -0.490 e. The number of rotatable bonds is 8. The number of amides is 1. The van der Waals surface area contributed by atoms with E-state index in [1.165, 1.54) is 4.31 Å². The molecule has 6 nitrogen and oxygen atoms in total. The number of nitrogens with zero attached hydrogens (tertiary/aromatic N) is 2. The Balaban J connectivity index is 1.74. The molecule has 0 atom stereocenters. The second kappa shape index (κ2) is 8.80. The second-order valence-electron chi connectivity index (χ2n) is 7.10. The molecular formula is C22H26N2O4S. The highest BCUT2D eigenvalue weighted by atomic mass is 32.2. The Kier molecular flexibility index (Phi) is 6.39. The fourth-order valence-corrected chi connectivity index (χ4v) is 4.61. The van der Waals surface area contributed by atoms with Gasteiger partial charge in [0.2, 0.25) is 15.9 Å². The standard InChI is InChI=1S/C22H26N2O4S/c1-4-14-28-19-9-7-18(8-10-19)16-23(3)29(26,27)20-11-12-21(17(2)15-20)24-13-5-6-22(24)25/h4,7-12,15H,1,5-6,13-14,16H2,2-3H3. The van der Waals surface area contributed by atoms with Crippen molar-refractivity contribution in [2.24, 2.45) is 0 Å². The third-order valence-electron chi connectivity index (χ3n) is 4.94. The van der Waals surface area contributed by atoms with Crippen molar-refractivity contribution in [2.75, 3.05) is 25.1 Å². The number of anilines is 1. The fourth-order valence-electron chi connectivity index (χ4n) is 3.36. The van der Waals surface area contributed by atoms with E-state index < -0.39 is 10.0 Å². The van der Waals surface area contributed by atoms with Gasteiger partial charge in [-0.1, -0.05) is 24.8 Å². The third-order valence-corrected chi connectivity index (χ3v) is 6.74. The van der Waals surface area contributed by atoms with E-state index in [9.17, 15) is 13.2 Å². The van der Waals surface area contributed by atoms with E-state index >= 15 is 0 Å². The molecule has 1 aliphatic heterocycles. The maximum absolute atomic E-state index is 13.0. The summed E-state index contributed by atoms with van der Waals surface area (Å²) in [6.07, 6.45) is 3.04. The van der Waals surface area contributed by atoms with Crippen LogP contribution in [0, 0.1) is 6.92 Å². The molecule has 0 aromatic heterocycles. The lowest BCUT2D eigenvalue weighted by Crippen LogP contribution is -2.27. The van der Waals surface area contributed by atoms with E-state index in [0.717, 1.165) is 23.2 Å². The number of hydrogen-bond acceptors (Lipinski definition) is 4. The summed E-state index contributed by atoms with van der Waals surface area (Å²) in [5.41, 5.74) is 2.42. The summed E-state index contributed by atoms with van der Waals surface area (Å²) in [5.74, 6) is 0.795. The summed E-state index contributed by atoms with van der Waals surface area (Å²) in [6.45, 7) is 6.79. The molecule has 2 aromatic carbocycles. The van der Waals surface area contributed by atoms with Crippen LogP contribution in [-0.2, 0) is 21.4 Å². The zero-order chi connectivity index (χ0) is 21.0. The molecule has 0 bridgehead atoms. The molecular weight excluding hydrogens is 388 g/mol. The van der Waals surface area contributed by atoms with Gasteiger partial charge in [-0.25, -0.2) is 8.42 Å². The predicted molar refractivity (Wildman–Crippen MR) is 114 cm³/mol. The van der Waals surface area contributed by atoms with Gasteiger partial charge >= 0.3 is 0 Å². The minimum atomic E-state index is -3.65. The average molecular weight is 415 g/mol. The molecule has 0 spiro atoms. The molecule has 0 unspecified atom stereocenters. The molecule has 1 amide bonds. The van der Waals surface area contributed by atoms with Gasteiger partial charge in [0.25, 0.3) is 0 Å². The first-order chi connectivity index (χ1) is 13.8. The monoisotopic (exact) mass is 414 g/mol. The van der Waals surface area contributed by atoms with Crippen LogP contribution < -0.4 is 9.64 Å². The van der Waals surface area contributed by atoms with Gasteiger partial charge in [0.15, 0.2) is 0 Å². The quantitative estimate of drug-likeness (QED) is 0.620. The maximum Gasteiger partial charge on any atom is 0.243 e. The predicted octanol–water partition coefficient (Wildman–Crippen LogP) is 3.51. The largest absolute Gasteiger partial charge is 0.490 e. The first-order valence-corrected chi connectivity index (χ1v) is 11.0. The van der Waals surface area contributed by atoms with Crippen LogP contribution in [-0.4, -0.2) is 38.8 Å². The van der Waals surface area contributed by atoms with Gasteiger partial charge in [0, 0.05) is 32.2 Å². The van der Waals surface area contributed by atoms with Crippen LogP contribution >= 0.6 is 0 Å². The Hall–Kier alpha value is -2.64. The van der Waals surface area contributed by atoms with E-state index in [4.69, 9.17) is 4.74 Å². The zero-order valence-corrected chi connectivity index (χ0v) is 17.6. The lowest BCUT2D eigenvalue weighted by atomic mass is 10.2. The molecule has 0 aliphatic carbocycles. The molecule has 2 aromatic rings. The van der Waals surface area contributed by atoms with Crippen LogP contribution in [0.4, 0.5) is 5.69 Å². The number of sulfonamides is 1. The van der Waals surface area contributed by atoms with Crippen LogP contribution in [0.1, 0.15) is 24.0 Å². The Morgan fingerprint density at radius 1 is 1.21 bits per heavy atom. The number of carbonyl (C=O) groups is 1. The number of ether oxygens (including phenoxy) is 1. The fraction of sp³-hybridized carbons (Fsp3) is 0.318. The van der Waals surface area contributed by atoms with Gasteiger partial charge in [-0.15, -0.1) is 0 Å². The van der Waals surface area contributed by atoms with Crippen molar-refractivity contribution < 1.29 is 17.9 Å². The van der Waals surface area contributed by atoms with Crippen molar-refractivity contribution in [1.82, 2.24) is 4.31 Å². The van der Waals surface area contributed by atoms with Crippen molar-refractivity contribution in [3.05, 3.63) is 66.2 Å². The summed E-state index contributed by atoms with van der Waals surface area (Å²) in [5, 5.41) is 0. The van der Waals surface area contributed by atoms with Gasteiger partial charge in [0.1, 0.15) is 12.4 Å². The molecule has 1 fully saturated rings. The molecule has 1 aliphatic rings. The van der Waals surface area contributed by atoms with E-state index in [1.807, 2.05) is 31.2 Å². The maximum atomic E-state index is 13.0. The van der Waals surface area contributed by atoms with Crippen molar-refractivity contribution in [2.45, 2.75) is 31.2 Å². The van der Waals surface area contributed by atoms with Gasteiger partial charge < -0.3 is 9.64 Å². The van der Waals surface area contributed by atoms with E-state index in [-0.39, 0.29) is 17.3 Å². The molecule has 1 heterocycles. The highest BCUT2D eigenvalue weighted by Gasteiger charge is 2.26. The summed E-state index contributed by atoms with van der Waals surface area (Å²) in [4.78, 5) is 13.9. The van der Waals surface area contributed by atoms with Gasteiger partial charge in [-0.05, 0) is 54.8 Å². The van der Waals surface area contributed by atoms with Crippen molar-refractivity contribution in [3.63, 3.8) is 0 Å². The molecule has 154 valence electrons. The van der Waals surface area contributed by atoms with Crippen molar-refractivity contribution in [3.8, 4) is 5.75 Å². The number of hydrogen-bond donors (Lipinski definition) is 0. The molecule has 1 saturated heterocycles. The smallest absolute Gasteiger partial charge is 0.243 e. The van der Waals surface area contributed by atoms with Crippen LogP contribution in [0.5, 0.6) is 5.75 Å². The lowest BCUT2D eigenvalue weighted by Gasteiger charge is -2.21. The van der Waals surface area contributed by atoms with Gasteiger partial charge in [-0.2, -0.15) is 4.31 Å².